The zero-order valence-electron chi connectivity index (χ0n) is 17.6. The number of hydrogen-bond donors (Lipinski definition) is 2. The van der Waals surface area contributed by atoms with Crippen molar-refractivity contribution in [1.29, 1.82) is 0 Å². The maximum atomic E-state index is 13.2. The minimum atomic E-state index is -4.62. The van der Waals surface area contributed by atoms with E-state index in [9.17, 15) is 17.6 Å². The number of hydrogen-bond acceptors (Lipinski definition) is 5. The molecule has 0 bridgehead atoms. The highest BCUT2D eigenvalue weighted by Gasteiger charge is 2.33. The number of piperazine rings is 1. The number of nitrogens with one attached hydrogen (secondary N) is 2. The van der Waals surface area contributed by atoms with Crippen molar-refractivity contribution in [3.05, 3.63) is 53.6 Å². The summed E-state index contributed by atoms with van der Waals surface area (Å²) in [4.78, 5) is 17.0. The van der Waals surface area contributed by atoms with Crippen molar-refractivity contribution in [3.63, 3.8) is 0 Å². The van der Waals surface area contributed by atoms with Gasteiger partial charge in [0.15, 0.2) is 5.96 Å². The molecule has 2 heterocycles. The summed E-state index contributed by atoms with van der Waals surface area (Å²) in [5, 5.41) is 5.96. The minimum Gasteiger partial charge on any atom is -0.355 e. The molecule has 1 saturated heterocycles. The quantitative estimate of drug-likeness (QED) is 0.242. The summed E-state index contributed by atoms with van der Waals surface area (Å²) in [7, 11) is 1.54. The van der Waals surface area contributed by atoms with Crippen LogP contribution >= 0.6 is 24.0 Å². The van der Waals surface area contributed by atoms with Crippen LogP contribution in [-0.2, 0) is 12.7 Å². The Morgan fingerprint density at radius 1 is 1.09 bits per heavy atom. The van der Waals surface area contributed by atoms with E-state index in [-0.39, 0.29) is 36.1 Å². The third-order valence-corrected chi connectivity index (χ3v) is 4.97. The molecule has 12 heteroatoms. The van der Waals surface area contributed by atoms with Gasteiger partial charge in [-0.3, -0.25) is 9.89 Å². The van der Waals surface area contributed by atoms with E-state index in [1.807, 2.05) is 0 Å². The van der Waals surface area contributed by atoms with E-state index in [0.717, 1.165) is 50.8 Å². The number of nitrogens with zero attached hydrogens (tertiary/aromatic N) is 5. The van der Waals surface area contributed by atoms with Gasteiger partial charge in [0.1, 0.15) is 5.82 Å². The molecule has 0 unspecified atom stereocenters. The molecule has 3 rings (SSSR count). The first-order valence-corrected chi connectivity index (χ1v) is 9.91. The van der Waals surface area contributed by atoms with Gasteiger partial charge in [-0.1, -0.05) is 6.07 Å². The molecule has 7 nitrogen and oxygen atoms in total. The van der Waals surface area contributed by atoms with E-state index in [1.165, 1.54) is 0 Å². The van der Waals surface area contributed by atoms with Crippen molar-refractivity contribution < 1.29 is 17.6 Å². The van der Waals surface area contributed by atoms with Crippen LogP contribution in [0.25, 0.3) is 0 Å². The molecule has 32 heavy (non-hydrogen) atoms. The van der Waals surface area contributed by atoms with Crippen LogP contribution in [0.2, 0.25) is 0 Å². The van der Waals surface area contributed by atoms with Crippen LogP contribution in [0.1, 0.15) is 11.1 Å². The first-order chi connectivity index (χ1) is 14.9. The predicted molar refractivity (Wildman–Crippen MR) is 126 cm³/mol. The smallest absolute Gasteiger partial charge is 0.355 e. The maximum Gasteiger partial charge on any atom is 0.416 e. The lowest BCUT2D eigenvalue weighted by Crippen LogP contribution is -2.49. The summed E-state index contributed by atoms with van der Waals surface area (Å²) in [5.74, 6) is 0.190. The fourth-order valence-corrected chi connectivity index (χ4v) is 3.32. The number of aromatic nitrogens is 2. The summed E-state index contributed by atoms with van der Waals surface area (Å²) < 4.78 is 52.6. The Hall–Kier alpha value is -2.22. The van der Waals surface area contributed by atoms with Gasteiger partial charge in [0.2, 0.25) is 5.95 Å². The molecule has 1 aromatic heterocycles. The Kier molecular flexibility index (Phi) is 9.87. The molecule has 0 saturated carbocycles. The fraction of sp³-hybridized carbons (Fsp3) is 0.450. The molecule has 0 spiro atoms. The van der Waals surface area contributed by atoms with Gasteiger partial charge in [0.05, 0.1) is 5.56 Å². The zero-order chi connectivity index (χ0) is 22.3. The largest absolute Gasteiger partial charge is 0.416 e. The molecule has 176 valence electrons. The van der Waals surface area contributed by atoms with Crippen LogP contribution in [0.4, 0.5) is 23.5 Å². The standard InChI is InChI=1S/C20H25F4N7.HI/c1-25-18(29-14-15-3-4-16(21)13-17(15)20(22,23)24)26-7-8-30-9-11-31(12-10-30)19-27-5-2-6-28-19;/h2-6,13H,7-12,14H2,1H3,(H2,25,26,29);1H. The molecule has 0 amide bonds. The maximum absolute atomic E-state index is 13.2. The topological polar surface area (TPSA) is 68.7 Å². The van der Waals surface area contributed by atoms with E-state index < -0.39 is 17.6 Å². The number of guanidine groups is 1. The van der Waals surface area contributed by atoms with Crippen LogP contribution in [0, 0.1) is 5.82 Å². The normalized spacial score (nSPS) is 15.3. The van der Waals surface area contributed by atoms with Gasteiger partial charge in [0.25, 0.3) is 0 Å². The highest BCUT2D eigenvalue weighted by Crippen LogP contribution is 2.32. The molecule has 1 aromatic carbocycles. The molecular formula is C20H26F4IN7. The van der Waals surface area contributed by atoms with Crippen LogP contribution in [0.3, 0.4) is 0 Å². The molecule has 0 aliphatic carbocycles. The lowest BCUT2D eigenvalue weighted by Gasteiger charge is -2.34. The number of rotatable bonds is 6. The van der Waals surface area contributed by atoms with Crippen molar-refractivity contribution in [2.45, 2.75) is 12.7 Å². The highest BCUT2D eigenvalue weighted by atomic mass is 127. The average Bonchev–Trinajstić information content (AvgIpc) is 2.77. The number of anilines is 1. The number of halogens is 5. The fourth-order valence-electron chi connectivity index (χ4n) is 3.32. The molecule has 0 radical (unpaired) electrons. The summed E-state index contributed by atoms with van der Waals surface area (Å²) in [6.45, 7) is 4.58. The minimum absolute atomic E-state index is 0. The summed E-state index contributed by atoms with van der Waals surface area (Å²) in [5.41, 5.74) is -1.04. The Bertz CT molecular complexity index is 872. The molecule has 2 N–H and O–H groups in total. The lowest BCUT2D eigenvalue weighted by molar-refractivity contribution is -0.138. The second-order valence-electron chi connectivity index (χ2n) is 7.03. The van der Waals surface area contributed by atoms with Gasteiger partial charge in [0, 0.05) is 65.3 Å². The monoisotopic (exact) mass is 567 g/mol. The number of alkyl halides is 3. The summed E-state index contributed by atoms with van der Waals surface area (Å²) >= 11 is 0. The first kappa shape index (κ1) is 26.0. The summed E-state index contributed by atoms with van der Waals surface area (Å²) in [6, 6.07) is 4.44. The number of benzene rings is 1. The second kappa shape index (κ2) is 12.1. The van der Waals surface area contributed by atoms with Crippen molar-refractivity contribution in [3.8, 4) is 0 Å². The first-order valence-electron chi connectivity index (χ1n) is 9.91. The molecule has 1 aliphatic rings. The second-order valence-corrected chi connectivity index (χ2v) is 7.03. The lowest BCUT2D eigenvalue weighted by atomic mass is 10.1. The average molecular weight is 567 g/mol. The Morgan fingerprint density at radius 2 is 1.78 bits per heavy atom. The van der Waals surface area contributed by atoms with Gasteiger partial charge in [-0.25, -0.2) is 14.4 Å². The molecule has 1 aliphatic heterocycles. The van der Waals surface area contributed by atoms with Crippen molar-refractivity contribution in [2.75, 3.05) is 51.2 Å². The SMILES string of the molecule is CN=C(NCCN1CCN(c2ncccn2)CC1)NCc1ccc(F)cc1C(F)(F)F.I. The predicted octanol–water partition coefficient (Wildman–Crippen LogP) is 2.74. The Labute approximate surface area is 201 Å². The van der Waals surface area contributed by atoms with Crippen LogP contribution in [-0.4, -0.2) is 67.1 Å². The van der Waals surface area contributed by atoms with E-state index in [2.05, 4.69) is 35.4 Å². The molecular weight excluding hydrogens is 541 g/mol. The van der Waals surface area contributed by atoms with Gasteiger partial charge >= 0.3 is 6.18 Å². The Balaban J connectivity index is 0.00000363. The van der Waals surface area contributed by atoms with Gasteiger partial charge in [-0.15, -0.1) is 24.0 Å². The molecule has 1 fully saturated rings. The van der Waals surface area contributed by atoms with Crippen LogP contribution < -0.4 is 15.5 Å². The van der Waals surface area contributed by atoms with Gasteiger partial charge in [-0.05, 0) is 23.8 Å². The van der Waals surface area contributed by atoms with E-state index >= 15 is 0 Å². The third-order valence-electron chi connectivity index (χ3n) is 4.97. The molecule has 2 aromatic rings. The summed E-state index contributed by atoms with van der Waals surface area (Å²) in [6.07, 6.45) is -1.18. The highest BCUT2D eigenvalue weighted by molar-refractivity contribution is 14.0. The van der Waals surface area contributed by atoms with Crippen molar-refractivity contribution in [2.24, 2.45) is 4.99 Å². The van der Waals surface area contributed by atoms with Gasteiger partial charge < -0.3 is 15.5 Å². The molecule has 0 atom stereocenters. The van der Waals surface area contributed by atoms with Crippen molar-refractivity contribution >= 4 is 35.9 Å². The van der Waals surface area contributed by atoms with E-state index in [0.29, 0.717) is 18.6 Å². The van der Waals surface area contributed by atoms with Crippen molar-refractivity contribution in [1.82, 2.24) is 25.5 Å². The zero-order valence-corrected chi connectivity index (χ0v) is 19.9. The number of aliphatic imine (C=N–C) groups is 1. The van der Waals surface area contributed by atoms with E-state index in [4.69, 9.17) is 0 Å². The van der Waals surface area contributed by atoms with Crippen LogP contribution in [0.5, 0.6) is 0 Å². The van der Waals surface area contributed by atoms with Gasteiger partial charge in [-0.2, -0.15) is 13.2 Å². The Morgan fingerprint density at radius 3 is 2.41 bits per heavy atom. The van der Waals surface area contributed by atoms with Crippen LogP contribution in [0.15, 0.2) is 41.7 Å². The third kappa shape index (κ3) is 7.43. The van der Waals surface area contributed by atoms with E-state index in [1.54, 1.807) is 25.5 Å².